The van der Waals surface area contributed by atoms with Crippen molar-refractivity contribution < 1.29 is 0 Å². The van der Waals surface area contributed by atoms with E-state index in [1.54, 1.807) is 23.1 Å². The summed E-state index contributed by atoms with van der Waals surface area (Å²) in [6.07, 6.45) is 1.10. The molecule has 1 aromatic heterocycles. The molecule has 1 aromatic carbocycles. The van der Waals surface area contributed by atoms with Crippen LogP contribution in [0.4, 0.5) is 5.13 Å². The molecule has 0 radical (unpaired) electrons. The van der Waals surface area contributed by atoms with Gasteiger partial charge in [0.2, 0.25) is 5.13 Å². The van der Waals surface area contributed by atoms with Crippen LogP contribution in [-0.4, -0.2) is 16.7 Å². The van der Waals surface area contributed by atoms with Gasteiger partial charge in [0.1, 0.15) is 5.01 Å². The Morgan fingerprint density at radius 1 is 1.28 bits per heavy atom. The van der Waals surface area contributed by atoms with Gasteiger partial charge < -0.3 is 5.32 Å². The zero-order valence-electron chi connectivity index (χ0n) is 10.0. The van der Waals surface area contributed by atoms with Crippen LogP contribution in [0.5, 0.6) is 0 Å². The van der Waals surface area contributed by atoms with Crippen molar-refractivity contribution in [2.24, 2.45) is 0 Å². The Kier molecular flexibility index (Phi) is 5.46. The Morgan fingerprint density at radius 3 is 2.78 bits per heavy atom. The lowest BCUT2D eigenvalue weighted by Gasteiger charge is -1.98. The van der Waals surface area contributed by atoms with Crippen LogP contribution in [0.15, 0.2) is 33.6 Å². The summed E-state index contributed by atoms with van der Waals surface area (Å²) < 4.78 is 1.11. The first kappa shape index (κ1) is 13.8. The summed E-state index contributed by atoms with van der Waals surface area (Å²) in [4.78, 5) is 1.25. The largest absolute Gasteiger partial charge is 0.360 e. The number of rotatable bonds is 6. The molecule has 0 saturated carbocycles. The molecule has 1 heterocycles. The quantitative estimate of drug-likeness (QED) is 0.788. The standard InChI is InChI=1S/C12H14BrN3S2/c1-2-7-14-12-16-15-11(18-12)8-17-10-5-3-9(13)4-6-10/h3-6H,2,7-8H2,1H3,(H,14,16). The molecule has 0 aliphatic carbocycles. The van der Waals surface area contributed by atoms with Gasteiger partial charge in [-0.15, -0.1) is 22.0 Å². The molecule has 96 valence electrons. The molecule has 2 rings (SSSR count). The van der Waals surface area contributed by atoms with Gasteiger partial charge in [-0.05, 0) is 30.7 Å². The second kappa shape index (κ2) is 7.11. The minimum Gasteiger partial charge on any atom is -0.360 e. The molecule has 3 nitrogen and oxygen atoms in total. The predicted octanol–water partition coefficient (Wildman–Crippen LogP) is 4.41. The van der Waals surface area contributed by atoms with Crippen LogP contribution < -0.4 is 5.32 Å². The Bertz CT molecular complexity index is 484. The number of hydrogen-bond donors (Lipinski definition) is 1. The van der Waals surface area contributed by atoms with Crippen molar-refractivity contribution in [2.45, 2.75) is 24.0 Å². The maximum Gasteiger partial charge on any atom is 0.205 e. The van der Waals surface area contributed by atoms with E-state index in [9.17, 15) is 0 Å². The minimum atomic E-state index is 0.868. The second-order valence-corrected chi connectivity index (χ2v) is 6.70. The molecule has 0 amide bonds. The average molecular weight is 344 g/mol. The molecule has 0 spiro atoms. The first-order chi connectivity index (χ1) is 8.78. The lowest BCUT2D eigenvalue weighted by atomic mass is 10.4. The number of hydrogen-bond acceptors (Lipinski definition) is 5. The van der Waals surface area contributed by atoms with Gasteiger partial charge in [-0.25, -0.2) is 0 Å². The summed E-state index contributed by atoms with van der Waals surface area (Å²) >= 11 is 6.84. The highest BCUT2D eigenvalue weighted by molar-refractivity contribution is 9.10. The number of anilines is 1. The molecular weight excluding hydrogens is 330 g/mol. The van der Waals surface area contributed by atoms with Gasteiger partial charge in [0.05, 0.1) is 5.75 Å². The van der Waals surface area contributed by atoms with E-state index < -0.39 is 0 Å². The van der Waals surface area contributed by atoms with Crippen molar-refractivity contribution in [1.82, 2.24) is 10.2 Å². The van der Waals surface area contributed by atoms with Crippen LogP contribution >= 0.6 is 39.0 Å². The third-order valence-corrected chi connectivity index (χ3v) is 4.78. The summed E-state index contributed by atoms with van der Waals surface area (Å²) in [6.45, 7) is 3.09. The Balaban J connectivity index is 1.86. The molecule has 0 bridgehead atoms. The fourth-order valence-corrected chi connectivity index (χ4v) is 3.21. The van der Waals surface area contributed by atoms with Crippen molar-refractivity contribution in [1.29, 1.82) is 0 Å². The van der Waals surface area contributed by atoms with E-state index in [2.05, 4.69) is 62.6 Å². The molecule has 0 fully saturated rings. The van der Waals surface area contributed by atoms with E-state index in [4.69, 9.17) is 0 Å². The van der Waals surface area contributed by atoms with Crippen molar-refractivity contribution in [3.63, 3.8) is 0 Å². The maximum absolute atomic E-state index is 4.18. The zero-order chi connectivity index (χ0) is 12.8. The van der Waals surface area contributed by atoms with Gasteiger partial charge in [-0.3, -0.25) is 0 Å². The molecule has 0 unspecified atom stereocenters. The molecule has 1 N–H and O–H groups in total. The Labute approximate surface area is 124 Å². The summed E-state index contributed by atoms with van der Waals surface area (Å²) in [5.74, 6) is 0.868. The van der Waals surface area contributed by atoms with Crippen LogP contribution in [-0.2, 0) is 5.75 Å². The SMILES string of the molecule is CCCNc1nnc(CSc2ccc(Br)cc2)s1. The molecule has 2 aromatic rings. The van der Waals surface area contributed by atoms with Crippen molar-refractivity contribution in [3.05, 3.63) is 33.7 Å². The number of halogens is 1. The van der Waals surface area contributed by atoms with E-state index >= 15 is 0 Å². The smallest absolute Gasteiger partial charge is 0.205 e. The fourth-order valence-electron chi connectivity index (χ4n) is 1.29. The topological polar surface area (TPSA) is 37.8 Å². The monoisotopic (exact) mass is 343 g/mol. The number of benzene rings is 1. The highest BCUT2D eigenvalue weighted by Crippen LogP contribution is 2.26. The third kappa shape index (κ3) is 4.26. The first-order valence-electron chi connectivity index (χ1n) is 5.72. The molecule has 0 atom stereocenters. The number of nitrogens with one attached hydrogen (secondary N) is 1. The van der Waals surface area contributed by atoms with Gasteiger partial charge >= 0.3 is 0 Å². The summed E-state index contributed by atoms with van der Waals surface area (Å²) in [7, 11) is 0. The Morgan fingerprint density at radius 2 is 2.06 bits per heavy atom. The average Bonchev–Trinajstić information content (AvgIpc) is 2.84. The van der Waals surface area contributed by atoms with Crippen molar-refractivity contribution >= 4 is 44.2 Å². The second-order valence-electron chi connectivity index (χ2n) is 3.67. The van der Waals surface area contributed by atoms with Crippen LogP contribution in [0.1, 0.15) is 18.4 Å². The van der Waals surface area contributed by atoms with E-state index in [0.717, 1.165) is 33.3 Å². The molecule has 0 saturated heterocycles. The highest BCUT2D eigenvalue weighted by Gasteiger charge is 2.04. The lowest BCUT2D eigenvalue weighted by Crippen LogP contribution is -1.98. The molecule has 0 aliphatic rings. The van der Waals surface area contributed by atoms with Crippen molar-refractivity contribution in [3.8, 4) is 0 Å². The first-order valence-corrected chi connectivity index (χ1v) is 8.32. The van der Waals surface area contributed by atoms with Gasteiger partial charge in [0.25, 0.3) is 0 Å². The van der Waals surface area contributed by atoms with Crippen LogP contribution in [0.3, 0.4) is 0 Å². The number of aromatic nitrogens is 2. The lowest BCUT2D eigenvalue weighted by molar-refractivity contribution is 0.958. The van der Waals surface area contributed by atoms with Crippen LogP contribution in [0.2, 0.25) is 0 Å². The predicted molar refractivity (Wildman–Crippen MR) is 82.4 cm³/mol. The van der Waals surface area contributed by atoms with Gasteiger partial charge in [-0.2, -0.15) is 0 Å². The molecule has 0 aliphatic heterocycles. The summed E-state index contributed by atoms with van der Waals surface area (Å²) in [6, 6.07) is 8.31. The minimum absolute atomic E-state index is 0.868. The summed E-state index contributed by atoms with van der Waals surface area (Å²) in [5, 5.41) is 13.5. The normalized spacial score (nSPS) is 10.6. The number of thioether (sulfide) groups is 1. The zero-order valence-corrected chi connectivity index (χ0v) is 13.2. The van der Waals surface area contributed by atoms with Crippen LogP contribution in [0, 0.1) is 0 Å². The van der Waals surface area contributed by atoms with Crippen molar-refractivity contribution in [2.75, 3.05) is 11.9 Å². The van der Waals surface area contributed by atoms with E-state index in [-0.39, 0.29) is 0 Å². The Hall–Kier alpha value is -0.590. The van der Waals surface area contributed by atoms with E-state index in [1.165, 1.54) is 4.90 Å². The van der Waals surface area contributed by atoms with E-state index in [0.29, 0.717) is 0 Å². The molecular formula is C12H14BrN3S2. The third-order valence-electron chi connectivity index (χ3n) is 2.17. The van der Waals surface area contributed by atoms with Gasteiger partial charge in [-0.1, -0.05) is 34.2 Å². The summed E-state index contributed by atoms with van der Waals surface area (Å²) in [5.41, 5.74) is 0. The fraction of sp³-hybridized carbons (Fsp3) is 0.333. The van der Waals surface area contributed by atoms with Crippen LogP contribution in [0.25, 0.3) is 0 Å². The molecule has 18 heavy (non-hydrogen) atoms. The maximum atomic E-state index is 4.18. The number of nitrogens with zero attached hydrogens (tertiary/aromatic N) is 2. The van der Waals surface area contributed by atoms with Gasteiger partial charge in [0, 0.05) is 15.9 Å². The van der Waals surface area contributed by atoms with E-state index in [1.807, 2.05) is 0 Å². The highest BCUT2D eigenvalue weighted by atomic mass is 79.9. The van der Waals surface area contributed by atoms with Gasteiger partial charge in [0.15, 0.2) is 0 Å². The molecule has 6 heteroatoms.